The highest BCUT2D eigenvalue weighted by Crippen LogP contribution is 2.33. The Balaban J connectivity index is 1.49. The summed E-state index contributed by atoms with van der Waals surface area (Å²) in [6, 6.07) is -0.993. The summed E-state index contributed by atoms with van der Waals surface area (Å²) in [5, 5.41) is 120. The van der Waals surface area contributed by atoms with Crippen LogP contribution in [0.2, 0.25) is 0 Å². The smallest absolute Gasteiger partial charge is 0.220 e. The van der Waals surface area contributed by atoms with Gasteiger partial charge in [-0.25, -0.2) is 0 Å². The lowest BCUT2D eigenvalue weighted by molar-refractivity contribution is -0.379. The summed E-state index contributed by atoms with van der Waals surface area (Å²) in [7, 11) is 0. The van der Waals surface area contributed by atoms with Gasteiger partial charge in [0.25, 0.3) is 0 Å². The first-order chi connectivity index (χ1) is 40.3. The van der Waals surface area contributed by atoms with E-state index >= 15 is 0 Å². The van der Waals surface area contributed by atoms with Crippen molar-refractivity contribution in [1.29, 1.82) is 0 Å². The predicted octanol–water partition coefficient (Wildman–Crippen LogP) is 7.27. The van der Waals surface area contributed by atoms with Gasteiger partial charge in [0, 0.05) is 6.42 Å². The Kier molecular flexibility index (Phi) is 42.7. The zero-order valence-corrected chi connectivity index (χ0v) is 50.9. The summed E-state index contributed by atoms with van der Waals surface area (Å²) in [5.74, 6) is -0.293. The lowest BCUT2D eigenvalue weighted by Crippen LogP contribution is -2.66. The molecule has 19 heteroatoms. The van der Waals surface area contributed by atoms with Gasteiger partial charge in [0.2, 0.25) is 5.91 Å². The molecule has 0 aromatic heterocycles. The Morgan fingerprint density at radius 3 is 1.20 bits per heavy atom. The third kappa shape index (κ3) is 30.2. The predicted molar refractivity (Wildman–Crippen MR) is 319 cm³/mol. The fourth-order valence-corrected chi connectivity index (χ4v) is 11.0. The maximum Gasteiger partial charge on any atom is 0.220 e. The van der Waals surface area contributed by atoms with Crippen molar-refractivity contribution in [3.05, 3.63) is 36.5 Å². The molecule has 3 fully saturated rings. The van der Waals surface area contributed by atoms with Crippen molar-refractivity contribution in [3.63, 3.8) is 0 Å². The molecular formula is C64H117NO18. The van der Waals surface area contributed by atoms with Gasteiger partial charge in [-0.05, 0) is 57.8 Å². The van der Waals surface area contributed by atoms with Gasteiger partial charge in [0.1, 0.15) is 73.2 Å². The summed E-state index contributed by atoms with van der Waals surface area (Å²) in [6.45, 7) is 1.71. The minimum absolute atomic E-state index is 0.226. The number of amides is 1. The molecule has 19 nitrogen and oxygen atoms in total. The maximum absolute atomic E-state index is 13.3. The van der Waals surface area contributed by atoms with Gasteiger partial charge in [-0.2, -0.15) is 0 Å². The second-order valence-corrected chi connectivity index (χ2v) is 23.6. The number of aliphatic hydroxyl groups is 11. The molecular weight excluding hydrogens is 1070 g/mol. The third-order valence-corrected chi connectivity index (χ3v) is 16.4. The molecule has 0 aromatic carbocycles. The van der Waals surface area contributed by atoms with Crippen molar-refractivity contribution in [3.8, 4) is 0 Å². The van der Waals surface area contributed by atoms with Crippen LogP contribution in [0.25, 0.3) is 0 Å². The Hall–Kier alpha value is -1.99. The minimum Gasteiger partial charge on any atom is -0.394 e. The van der Waals surface area contributed by atoms with E-state index in [2.05, 4.69) is 43.5 Å². The molecule has 0 radical (unpaired) electrons. The number of nitrogens with one attached hydrogen (secondary N) is 1. The maximum atomic E-state index is 13.3. The molecule has 1 amide bonds. The first-order valence-electron chi connectivity index (χ1n) is 32.7. The van der Waals surface area contributed by atoms with E-state index in [0.717, 1.165) is 57.8 Å². The lowest BCUT2D eigenvalue weighted by atomic mass is 9.96. The molecule has 0 saturated carbocycles. The summed E-state index contributed by atoms with van der Waals surface area (Å²) < 4.78 is 34.3. The zero-order chi connectivity index (χ0) is 60.5. The largest absolute Gasteiger partial charge is 0.394 e. The molecule has 12 N–H and O–H groups in total. The zero-order valence-electron chi connectivity index (χ0n) is 50.9. The van der Waals surface area contributed by atoms with Crippen molar-refractivity contribution in [1.82, 2.24) is 5.32 Å². The van der Waals surface area contributed by atoms with Crippen molar-refractivity contribution >= 4 is 5.91 Å². The number of aliphatic hydroxyl groups excluding tert-OH is 11. The van der Waals surface area contributed by atoms with Gasteiger partial charge < -0.3 is 89.9 Å². The average molecular weight is 1190 g/mol. The average Bonchev–Trinajstić information content (AvgIpc) is 3.25. The van der Waals surface area contributed by atoms with Crippen LogP contribution in [0.1, 0.15) is 232 Å². The van der Waals surface area contributed by atoms with Crippen LogP contribution < -0.4 is 5.32 Å². The van der Waals surface area contributed by atoms with E-state index in [4.69, 9.17) is 28.4 Å². The number of allylic oxidation sites excluding steroid dienone is 5. The molecule has 3 aliphatic heterocycles. The fourth-order valence-electron chi connectivity index (χ4n) is 11.0. The molecule has 17 unspecified atom stereocenters. The molecule has 3 aliphatic rings. The number of unbranched alkanes of at least 4 members (excludes halogenated alkanes) is 29. The number of carbonyl (C=O) groups is 1. The number of ether oxygens (including phenoxy) is 6. The van der Waals surface area contributed by atoms with Gasteiger partial charge in [-0.3, -0.25) is 4.79 Å². The van der Waals surface area contributed by atoms with Crippen molar-refractivity contribution in [2.24, 2.45) is 0 Å². The first-order valence-corrected chi connectivity index (χ1v) is 32.7. The molecule has 3 saturated heterocycles. The fraction of sp³-hybridized carbons (Fsp3) is 0.891. The van der Waals surface area contributed by atoms with Crippen LogP contribution in [-0.2, 0) is 33.2 Å². The van der Waals surface area contributed by atoms with Crippen LogP contribution in [0, 0.1) is 0 Å². The Morgan fingerprint density at radius 2 is 0.771 bits per heavy atom. The van der Waals surface area contributed by atoms with Crippen LogP contribution in [-0.4, -0.2) is 193 Å². The minimum atomic E-state index is -1.98. The number of rotatable bonds is 49. The van der Waals surface area contributed by atoms with Gasteiger partial charge >= 0.3 is 0 Å². The third-order valence-electron chi connectivity index (χ3n) is 16.4. The SMILES string of the molecule is CCCCCCCCC/C=C\CCCCCCCC(=O)NC(COC1OC(CO)C(OC2OC(CO)C(OC3OC(CO)C(O)C(O)C3O)C(O)C2O)C(O)C1O)C(O)/C=C/CC/C=C/CCCCCCCCCCCCCCCCCC. The highest BCUT2D eigenvalue weighted by molar-refractivity contribution is 5.76. The molecule has 3 heterocycles. The quantitative estimate of drug-likeness (QED) is 0.0211. The van der Waals surface area contributed by atoms with Crippen LogP contribution in [0.15, 0.2) is 36.5 Å². The van der Waals surface area contributed by atoms with E-state index < -0.39 is 124 Å². The van der Waals surface area contributed by atoms with Crippen molar-refractivity contribution < 1.29 is 89.4 Å². The summed E-state index contributed by atoms with van der Waals surface area (Å²) in [4.78, 5) is 13.3. The van der Waals surface area contributed by atoms with E-state index in [9.17, 15) is 61.0 Å². The number of hydrogen-bond acceptors (Lipinski definition) is 18. The summed E-state index contributed by atoms with van der Waals surface area (Å²) in [6.07, 6.45) is 25.5. The van der Waals surface area contributed by atoms with Crippen molar-refractivity contribution in [2.75, 3.05) is 26.4 Å². The van der Waals surface area contributed by atoms with E-state index in [1.807, 2.05) is 6.08 Å². The lowest BCUT2D eigenvalue weighted by Gasteiger charge is -2.48. The van der Waals surface area contributed by atoms with E-state index in [1.165, 1.54) is 141 Å². The Labute approximate surface area is 498 Å². The molecule has 0 aliphatic carbocycles. The molecule has 0 aromatic rings. The standard InChI is InChI=1S/C64H117NO18/c1-3-5-7-9-11-13-15-17-19-21-22-23-24-25-26-27-29-31-33-35-37-39-41-48(69)47(65-52(70)42-40-38-36-34-32-30-28-20-18-16-14-12-10-8-6-4-2)46-78-62-58(76)55(73)60(50(44-67)80-62)83-64-59(77)56(74)61(51(45-68)81-64)82-63-57(75)54(72)53(71)49(43-66)79-63/h20,28,31,33,39,41,47-51,53-64,66-69,71-77H,3-19,21-27,29-30,32,34-38,40,42-46H2,1-2H3,(H,65,70)/b28-20-,33-31+,41-39+. The van der Waals surface area contributed by atoms with E-state index in [0.29, 0.717) is 12.8 Å². The molecule has 486 valence electrons. The Bertz CT molecular complexity index is 1660. The molecule has 3 rings (SSSR count). The van der Waals surface area contributed by atoms with Gasteiger partial charge in [0.05, 0.1) is 38.6 Å². The number of carbonyl (C=O) groups excluding carboxylic acids is 1. The monoisotopic (exact) mass is 1190 g/mol. The second-order valence-electron chi connectivity index (χ2n) is 23.6. The van der Waals surface area contributed by atoms with Gasteiger partial charge in [-0.1, -0.05) is 204 Å². The van der Waals surface area contributed by atoms with Crippen LogP contribution in [0.5, 0.6) is 0 Å². The van der Waals surface area contributed by atoms with Crippen LogP contribution in [0.4, 0.5) is 0 Å². The molecule has 0 bridgehead atoms. The van der Waals surface area contributed by atoms with Crippen LogP contribution in [0.3, 0.4) is 0 Å². The van der Waals surface area contributed by atoms with Gasteiger partial charge in [-0.15, -0.1) is 0 Å². The Morgan fingerprint density at radius 1 is 0.422 bits per heavy atom. The topological polar surface area (TPSA) is 307 Å². The van der Waals surface area contributed by atoms with E-state index in [1.54, 1.807) is 6.08 Å². The second kappa shape index (κ2) is 47.1. The first kappa shape index (κ1) is 75.3. The van der Waals surface area contributed by atoms with Crippen molar-refractivity contribution in [2.45, 2.75) is 336 Å². The van der Waals surface area contributed by atoms with Gasteiger partial charge in [0.15, 0.2) is 18.9 Å². The normalized spacial score (nSPS) is 29.6. The molecule has 17 atom stereocenters. The molecule has 0 spiro atoms. The highest BCUT2D eigenvalue weighted by atomic mass is 16.8. The summed E-state index contributed by atoms with van der Waals surface area (Å²) in [5.41, 5.74) is 0. The van der Waals surface area contributed by atoms with E-state index in [-0.39, 0.29) is 18.9 Å². The molecule has 83 heavy (non-hydrogen) atoms. The highest BCUT2D eigenvalue weighted by Gasteiger charge is 2.53. The summed E-state index contributed by atoms with van der Waals surface area (Å²) >= 11 is 0. The number of hydrogen-bond donors (Lipinski definition) is 12. The van der Waals surface area contributed by atoms with Crippen LogP contribution >= 0.6 is 0 Å².